The van der Waals surface area contributed by atoms with Gasteiger partial charge in [0.2, 0.25) is 0 Å². The third kappa shape index (κ3) is 5.27. The first-order chi connectivity index (χ1) is 11.1. The maximum absolute atomic E-state index is 12.1. The molecule has 0 saturated heterocycles. The minimum Gasteiger partial charge on any atom is -0.497 e. The van der Waals surface area contributed by atoms with Gasteiger partial charge in [0.05, 0.1) is 7.11 Å². The summed E-state index contributed by atoms with van der Waals surface area (Å²) in [4.78, 5) is 18.4. The minimum absolute atomic E-state index is 0.105. The number of ether oxygens (including phenoxy) is 1. The zero-order chi connectivity index (χ0) is 16.7. The number of carbonyl (C=O) groups excluding carboxylic acids is 1. The summed E-state index contributed by atoms with van der Waals surface area (Å²) < 4.78 is 5.12. The summed E-state index contributed by atoms with van der Waals surface area (Å²) in [6, 6.07) is 10.9. The largest absolute Gasteiger partial charge is 0.497 e. The van der Waals surface area contributed by atoms with Gasteiger partial charge in [-0.05, 0) is 50.5 Å². The molecule has 0 aliphatic rings. The summed E-state index contributed by atoms with van der Waals surface area (Å²) in [6.07, 6.45) is 1.62. The van der Waals surface area contributed by atoms with Crippen LogP contribution in [0.25, 0.3) is 0 Å². The lowest BCUT2D eigenvalue weighted by Crippen LogP contribution is -2.31. The molecular formula is C17H22N4O2. The van der Waals surface area contributed by atoms with Crippen molar-refractivity contribution in [3.05, 3.63) is 48.2 Å². The van der Waals surface area contributed by atoms with E-state index in [4.69, 9.17) is 4.74 Å². The molecule has 1 aromatic carbocycles. The summed E-state index contributed by atoms with van der Waals surface area (Å²) in [5.74, 6) is 1.31. The number of nitrogens with zero attached hydrogens (tertiary/aromatic N) is 2. The van der Waals surface area contributed by atoms with Crippen LogP contribution < -0.4 is 15.4 Å². The van der Waals surface area contributed by atoms with Crippen molar-refractivity contribution in [3.8, 4) is 5.75 Å². The van der Waals surface area contributed by atoms with Gasteiger partial charge in [-0.2, -0.15) is 0 Å². The molecule has 2 N–H and O–H groups in total. The molecule has 1 heterocycles. The molecule has 0 unspecified atom stereocenters. The Labute approximate surface area is 136 Å². The third-order valence-electron chi connectivity index (χ3n) is 3.23. The van der Waals surface area contributed by atoms with E-state index in [1.54, 1.807) is 25.4 Å². The van der Waals surface area contributed by atoms with Crippen LogP contribution in [0.3, 0.4) is 0 Å². The Morgan fingerprint density at radius 1 is 1.22 bits per heavy atom. The van der Waals surface area contributed by atoms with Crippen molar-refractivity contribution in [1.29, 1.82) is 0 Å². The van der Waals surface area contributed by atoms with Crippen LogP contribution in [0.1, 0.15) is 10.4 Å². The molecular weight excluding hydrogens is 292 g/mol. The number of hydrogen-bond donors (Lipinski definition) is 2. The highest BCUT2D eigenvalue weighted by molar-refractivity contribution is 5.94. The van der Waals surface area contributed by atoms with Crippen molar-refractivity contribution < 1.29 is 9.53 Å². The molecule has 1 aromatic heterocycles. The number of hydrogen-bond acceptors (Lipinski definition) is 5. The van der Waals surface area contributed by atoms with Gasteiger partial charge in [-0.3, -0.25) is 4.79 Å². The van der Waals surface area contributed by atoms with Crippen LogP contribution in [0.5, 0.6) is 5.75 Å². The van der Waals surface area contributed by atoms with Gasteiger partial charge in [-0.1, -0.05) is 0 Å². The molecule has 0 aliphatic heterocycles. The average molecular weight is 314 g/mol. The molecule has 6 nitrogen and oxygen atoms in total. The monoisotopic (exact) mass is 314 g/mol. The lowest BCUT2D eigenvalue weighted by Gasteiger charge is -2.11. The lowest BCUT2D eigenvalue weighted by atomic mass is 10.2. The molecule has 0 bridgehead atoms. The number of rotatable bonds is 7. The molecule has 2 rings (SSSR count). The second kappa shape index (κ2) is 8.14. The van der Waals surface area contributed by atoms with Crippen molar-refractivity contribution in [2.24, 2.45) is 0 Å². The second-order valence-corrected chi connectivity index (χ2v) is 5.34. The van der Waals surface area contributed by atoms with Gasteiger partial charge in [0.1, 0.15) is 11.6 Å². The fourth-order valence-electron chi connectivity index (χ4n) is 1.96. The third-order valence-corrected chi connectivity index (χ3v) is 3.23. The highest BCUT2D eigenvalue weighted by Gasteiger charge is 2.07. The van der Waals surface area contributed by atoms with Crippen molar-refractivity contribution in [3.63, 3.8) is 0 Å². The van der Waals surface area contributed by atoms with Crippen LogP contribution in [0.15, 0.2) is 42.6 Å². The minimum atomic E-state index is -0.105. The molecule has 0 aliphatic carbocycles. The van der Waals surface area contributed by atoms with Gasteiger partial charge < -0.3 is 20.3 Å². The maximum Gasteiger partial charge on any atom is 0.251 e. The van der Waals surface area contributed by atoms with Crippen LogP contribution in [0.2, 0.25) is 0 Å². The van der Waals surface area contributed by atoms with E-state index in [-0.39, 0.29) is 5.91 Å². The Hall–Kier alpha value is -2.60. The Morgan fingerprint density at radius 2 is 1.96 bits per heavy atom. The summed E-state index contributed by atoms with van der Waals surface area (Å²) in [5.41, 5.74) is 1.46. The topological polar surface area (TPSA) is 66.5 Å². The number of nitrogens with one attached hydrogen (secondary N) is 2. The van der Waals surface area contributed by atoms with Gasteiger partial charge in [-0.15, -0.1) is 0 Å². The summed E-state index contributed by atoms with van der Waals surface area (Å²) in [5, 5.41) is 6.05. The van der Waals surface area contributed by atoms with Crippen LogP contribution in [0.4, 0.5) is 11.5 Å². The number of pyridine rings is 1. The number of likely N-dealkylation sites (N-methyl/N-ethyl adjacent to an activating group) is 1. The Balaban J connectivity index is 1.99. The Morgan fingerprint density at radius 3 is 2.61 bits per heavy atom. The normalized spacial score (nSPS) is 10.4. The van der Waals surface area contributed by atoms with E-state index in [9.17, 15) is 4.79 Å². The standard InChI is InChI=1S/C17H22N4O2/c1-21(2)11-10-19-17(22)13-8-9-18-16(12-13)20-14-4-6-15(23-3)7-5-14/h4-9,12H,10-11H2,1-3H3,(H,18,20)(H,19,22). The van der Waals surface area contributed by atoms with Gasteiger partial charge in [0.25, 0.3) is 5.91 Å². The number of amides is 1. The molecule has 0 spiro atoms. The fourth-order valence-corrected chi connectivity index (χ4v) is 1.96. The second-order valence-electron chi connectivity index (χ2n) is 5.34. The SMILES string of the molecule is COc1ccc(Nc2cc(C(=O)NCCN(C)C)ccn2)cc1. The van der Waals surface area contributed by atoms with Gasteiger partial charge in [0.15, 0.2) is 0 Å². The quantitative estimate of drug-likeness (QED) is 0.819. The smallest absolute Gasteiger partial charge is 0.251 e. The molecule has 0 atom stereocenters. The first-order valence-electron chi connectivity index (χ1n) is 7.38. The van der Waals surface area contributed by atoms with Crippen LogP contribution >= 0.6 is 0 Å². The van der Waals surface area contributed by atoms with Gasteiger partial charge >= 0.3 is 0 Å². The highest BCUT2D eigenvalue weighted by Crippen LogP contribution is 2.19. The number of carbonyl (C=O) groups is 1. The molecule has 0 saturated carbocycles. The highest BCUT2D eigenvalue weighted by atomic mass is 16.5. The van der Waals surface area contributed by atoms with Crippen molar-refractivity contribution in [1.82, 2.24) is 15.2 Å². The van der Waals surface area contributed by atoms with E-state index in [0.717, 1.165) is 18.0 Å². The van der Waals surface area contributed by atoms with Crippen molar-refractivity contribution >= 4 is 17.4 Å². The first kappa shape index (κ1) is 16.8. The molecule has 0 fully saturated rings. The number of anilines is 2. The lowest BCUT2D eigenvalue weighted by molar-refractivity contribution is 0.0951. The van der Waals surface area contributed by atoms with E-state index in [1.165, 1.54) is 0 Å². The predicted octanol–water partition coefficient (Wildman–Crippen LogP) is 2.13. The van der Waals surface area contributed by atoms with Crippen LogP contribution in [-0.4, -0.2) is 50.1 Å². The summed E-state index contributed by atoms with van der Waals surface area (Å²) >= 11 is 0. The molecule has 2 aromatic rings. The summed E-state index contributed by atoms with van der Waals surface area (Å²) in [7, 11) is 5.56. The molecule has 1 amide bonds. The molecule has 0 radical (unpaired) electrons. The average Bonchev–Trinajstić information content (AvgIpc) is 2.55. The van der Waals surface area contributed by atoms with E-state index < -0.39 is 0 Å². The maximum atomic E-state index is 12.1. The summed E-state index contributed by atoms with van der Waals surface area (Å²) in [6.45, 7) is 1.41. The molecule has 6 heteroatoms. The van der Waals surface area contributed by atoms with Crippen molar-refractivity contribution in [2.75, 3.05) is 39.6 Å². The van der Waals surface area contributed by atoms with Crippen LogP contribution in [0, 0.1) is 0 Å². The number of methoxy groups -OCH3 is 1. The Bertz CT molecular complexity index is 641. The van der Waals surface area contributed by atoms with Crippen LogP contribution in [-0.2, 0) is 0 Å². The fraction of sp³-hybridized carbons (Fsp3) is 0.294. The number of benzene rings is 1. The predicted molar refractivity (Wildman–Crippen MR) is 91.4 cm³/mol. The van der Waals surface area contributed by atoms with E-state index >= 15 is 0 Å². The first-order valence-corrected chi connectivity index (χ1v) is 7.38. The van der Waals surface area contributed by atoms with Gasteiger partial charge in [0, 0.05) is 30.5 Å². The van der Waals surface area contributed by atoms with Crippen molar-refractivity contribution in [2.45, 2.75) is 0 Å². The zero-order valence-corrected chi connectivity index (χ0v) is 13.7. The van der Waals surface area contributed by atoms with E-state index in [2.05, 4.69) is 15.6 Å². The van der Waals surface area contributed by atoms with E-state index in [0.29, 0.717) is 17.9 Å². The molecule has 122 valence electrons. The Kier molecular flexibility index (Phi) is 5.94. The van der Waals surface area contributed by atoms with E-state index in [1.807, 2.05) is 43.3 Å². The van der Waals surface area contributed by atoms with Gasteiger partial charge in [-0.25, -0.2) is 4.98 Å². The molecule has 23 heavy (non-hydrogen) atoms. The zero-order valence-electron chi connectivity index (χ0n) is 13.7. The number of aromatic nitrogens is 1.